The molecule has 0 unspecified atom stereocenters. The molecular weight excluding hydrogens is 254 g/mol. The molecule has 0 aromatic rings. The lowest BCUT2D eigenvalue weighted by Crippen LogP contribution is -2.38. The van der Waals surface area contributed by atoms with Crippen molar-refractivity contribution in [2.45, 2.75) is 46.6 Å². The molecule has 0 aromatic heterocycles. The van der Waals surface area contributed by atoms with Gasteiger partial charge in [-0.15, -0.1) is 12.4 Å². The van der Waals surface area contributed by atoms with Crippen molar-refractivity contribution in [1.29, 1.82) is 0 Å². The van der Waals surface area contributed by atoms with Crippen LogP contribution < -0.4 is 16.4 Å². The molecule has 6 heteroatoms. The van der Waals surface area contributed by atoms with Gasteiger partial charge in [0.25, 0.3) is 0 Å². The van der Waals surface area contributed by atoms with Crippen LogP contribution in [0.25, 0.3) is 0 Å². The zero-order chi connectivity index (χ0) is 13.5. The highest BCUT2D eigenvalue weighted by Crippen LogP contribution is 2.12. The summed E-state index contributed by atoms with van der Waals surface area (Å²) in [6.07, 6.45) is 1.06. The highest BCUT2D eigenvalue weighted by atomic mass is 35.5. The summed E-state index contributed by atoms with van der Waals surface area (Å²) in [5.41, 5.74) is 5.01. The maximum atomic E-state index is 11.5. The first-order valence-corrected chi connectivity index (χ1v) is 6.05. The van der Waals surface area contributed by atoms with Crippen LogP contribution in [-0.4, -0.2) is 30.9 Å². The van der Waals surface area contributed by atoms with E-state index < -0.39 is 0 Å². The minimum Gasteiger partial charge on any atom is -0.356 e. The molecule has 0 fully saturated rings. The second kappa shape index (κ2) is 9.16. The summed E-state index contributed by atoms with van der Waals surface area (Å²) < 4.78 is 0. The molecular formula is C12H26ClN3O2. The van der Waals surface area contributed by atoms with Crippen LogP contribution in [-0.2, 0) is 9.59 Å². The molecule has 0 saturated heterocycles. The minimum atomic E-state index is -0.379. The summed E-state index contributed by atoms with van der Waals surface area (Å²) >= 11 is 0. The number of carbonyl (C=O) groups excluding carboxylic acids is 2. The first-order valence-electron chi connectivity index (χ1n) is 6.05. The van der Waals surface area contributed by atoms with E-state index in [1.54, 1.807) is 0 Å². The number of nitrogens with two attached hydrogens (primary N) is 1. The van der Waals surface area contributed by atoms with Crippen LogP contribution >= 0.6 is 12.4 Å². The van der Waals surface area contributed by atoms with E-state index in [0.717, 1.165) is 0 Å². The van der Waals surface area contributed by atoms with Gasteiger partial charge >= 0.3 is 0 Å². The van der Waals surface area contributed by atoms with Crippen molar-refractivity contribution in [2.75, 3.05) is 13.1 Å². The van der Waals surface area contributed by atoms with E-state index in [9.17, 15) is 9.59 Å². The Balaban J connectivity index is 0. The van der Waals surface area contributed by atoms with Crippen molar-refractivity contribution in [3.05, 3.63) is 0 Å². The van der Waals surface area contributed by atoms with Gasteiger partial charge in [-0.3, -0.25) is 9.59 Å². The van der Waals surface area contributed by atoms with Gasteiger partial charge in [-0.05, 0) is 13.3 Å². The van der Waals surface area contributed by atoms with Crippen molar-refractivity contribution < 1.29 is 9.59 Å². The van der Waals surface area contributed by atoms with Gasteiger partial charge in [0.05, 0.1) is 0 Å². The summed E-state index contributed by atoms with van der Waals surface area (Å²) in [5, 5.41) is 5.57. The van der Waals surface area contributed by atoms with Gasteiger partial charge in [0.2, 0.25) is 11.8 Å². The van der Waals surface area contributed by atoms with E-state index in [1.165, 1.54) is 0 Å². The summed E-state index contributed by atoms with van der Waals surface area (Å²) in [7, 11) is 0. The van der Waals surface area contributed by atoms with Crippen molar-refractivity contribution in [1.82, 2.24) is 10.6 Å². The molecule has 0 rings (SSSR count). The molecule has 108 valence electrons. The van der Waals surface area contributed by atoms with Crippen LogP contribution in [0, 0.1) is 5.41 Å². The molecule has 18 heavy (non-hydrogen) atoms. The van der Waals surface area contributed by atoms with E-state index in [4.69, 9.17) is 5.73 Å². The van der Waals surface area contributed by atoms with E-state index in [2.05, 4.69) is 10.6 Å². The number of nitrogens with one attached hydrogen (secondary N) is 2. The fourth-order valence-corrected chi connectivity index (χ4v) is 1.12. The summed E-state index contributed by atoms with van der Waals surface area (Å²) in [4.78, 5) is 22.9. The second-order valence-electron chi connectivity index (χ2n) is 5.31. The predicted molar refractivity (Wildman–Crippen MR) is 75.6 cm³/mol. The normalized spacial score (nSPS) is 12.3. The van der Waals surface area contributed by atoms with Crippen LogP contribution in [0.2, 0.25) is 0 Å². The van der Waals surface area contributed by atoms with Crippen LogP contribution in [0.5, 0.6) is 0 Å². The Morgan fingerprint density at radius 1 is 1.28 bits per heavy atom. The summed E-state index contributed by atoms with van der Waals surface area (Å²) in [6, 6.07) is 0.00617. The number of carbonyl (C=O) groups is 2. The Morgan fingerprint density at radius 2 is 1.83 bits per heavy atom. The second-order valence-corrected chi connectivity index (χ2v) is 5.31. The van der Waals surface area contributed by atoms with Crippen LogP contribution in [0.3, 0.4) is 0 Å². The lowest BCUT2D eigenvalue weighted by molar-refractivity contribution is -0.128. The largest absolute Gasteiger partial charge is 0.356 e. The van der Waals surface area contributed by atoms with Crippen molar-refractivity contribution >= 4 is 24.2 Å². The smallest absolute Gasteiger partial charge is 0.225 e. The number of halogens is 1. The third kappa shape index (κ3) is 9.24. The quantitative estimate of drug-likeness (QED) is 0.629. The van der Waals surface area contributed by atoms with E-state index in [1.807, 2.05) is 27.7 Å². The SMILES string of the molecule is C[C@@H](CN)NC(=O)CCCNC(=O)C(C)(C)C.Cl. The number of hydrogen-bond donors (Lipinski definition) is 3. The van der Waals surface area contributed by atoms with Crippen molar-refractivity contribution in [3.8, 4) is 0 Å². The molecule has 0 aliphatic heterocycles. The summed E-state index contributed by atoms with van der Waals surface area (Å²) in [6.45, 7) is 8.40. The Hall–Kier alpha value is -0.810. The zero-order valence-electron chi connectivity index (χ0n) is 11.7. The van der Waals surface area contributed by atoms with Crippen molar-refractivity contribution in [2.24, 2.45) is 11.1 Å². The van der Waals surface area contributed by atoms with E-state index in [0.29, 0.717) is 25.9 Å². The fourth-order valence-electron chi connectivity index (χ4n) is 1.12. The highest BCUT2D eigenvalue weighted by molar-refractivity contribution is 5.85. The molecule has 0 spiro atoms. The topological polar surface area (TPSA) is 84.2 Å². The predicted octanol–water partition coefficient (Wildman–Crippen LogP) is 0.814. The highest BCUT2D eigenvalue weighted by Gasteiger charge is 2.20. The molecule has 0 saturated carbocycles. The molecule has 0 heterocycles. The maximum Gasteiger partial charge on any atom is 0.225 e. The molecule has 0 bridgehead atoms. The first kappa shape index (κ1) is 19.5. The molecule has 4 N–H and O–H groups in total. The molecule has 0 aromatic carbocycles. The average molecular weight is 280 g/mol. The Bertz CT molecular complexity index is 265. The monoisotopic (exact) mass is 279 g/mol. The molecule has 1 atom stereocenters. The minimum absolute atomic E-state index is 0. The third-order valence-corrected chi connectivity index (χ3v) is 2.31. The Morgan fingerprint density at radius 3 is 2.28 bits per heavy atom. The van der Waals surface area contributed by atoms with Gasteiger partial charge < -0.3 is 16.4 Å². The van der Waals surface area contributed by atoms with E-state index in [-0.39, 0.29) is 35.7 Å². The maximum absolute atomic E-state index is 11.5. The van der Waals surface area contributed by atoms with Crippen molar-refractivity contribution in [3.63, 3.8) is 0 Å². The molecule has 0 aliphatic rings. The van der Waals surface area contributed by atoms with Gasteiger partial charge in [0.15, 0.2) is 0 Å². The molecule has 2 amide bonds. The standard InChI is InChI=1S/C12H25N3O2.ClH/c1-9(8-13)15-10(16)6-5-7-14-11(17)12(2,3)4;/h9H,5-8,13H2,1-4H3,(H,14,17)(H,15,16);1H/t9-;/m0./s1. The van der Waals surface area contributed by atoms with Gasteiger partial charge in [-0.1, -0.05) is 20.8 Å². The van der Waals surface area contributed by atoms with Gasteiger partial charge in [0.1, 0.15) is 0 Å². The number of amides is 2. The lowest BCUT2D eigenvalue weighted by atomic mass is 9.96. The van der Waals surface area contributed by atoms with Crippen LogP contribution in [0.15, 0.2) is 0 Å². The molecule has 0 aliphatic carbocycles. The van der Waals surface area contributed by atoms with Crippen LogP contribution in [0.1, 0.15) is 40.5 Å². The average Bonchev–Trinajstić information content (AvgIpc) is 2.22. The van der Waals surface area contributed by atoms with Gasteiger partial charge in [-0.2, -0.15) is 0 Å². The fraction of sp³-hybridized carbons (Fsp3) is 0.833. The van der Waals surface area contributed by atoms with Gasteiger partial charge in [0, 0.05) is 31.0 Å². The number of hydrogen-bond acceptors (Lipinski definition) is 3. The van der Waals surface area contributed by atoms with Gasteiger partial charge in [-0.25, -0.2) is 0 Å². The lowest BCUT2D eigenvalue weighted by Gasteiger charge is -2.17. The number of rotatable bonds is 6. The summed E-state index contributed by atoms with van der Waals surface area (Å²) in [5.74, 6) is -0.0128. The van der Waals surface area contributed by atoms with Crippen LogP contribution in [0.4, 0.5) is 0 Å². The molecule has 5 nitrogen and oxygen atoms in total. The zero-order valence-corrected chi connectivity index (χ0v) is 12.5. The van der Waals surface area contributed by atoms with E-state index >= 15 is 0 Å². The Kier molecular flexibility index (Phi) is 9.94. The Labute approximate surface area is 116 Å². The first-order chi connectivity index (χ1) is 7.77. The third-order valence-electron chi connectivity index (χ3n) is 2.31. The molecule has 0 radical (unpaired) electrons.